The molecule has 16 heavy (non-hydrogen) atoms. The summed E-state index contributed by atoms with van der Waals surface area (Å²) < 4.78 is 0. The number of halogens is 1. The Bertz CT molecular complexity index is 311. The molecular formula is C14H22ClN. The van der Waals surface area contributed by atoms with Gasteiger partial charge in [-0.05, 0) is 23.5 Å². The summed E-state index contributed by atoms with van der Waals surface area (Å²) in [5.74, 6) is 0.653. The number of nitrogens with one attached hydrogen (secondary N) is 1. The van der Waals surface area contributed by atoms with Crippen LogP contribution in [0, 0.1) is 0 Å². The van der Waals surface area contributed by atoms with Crippen LogP contribution >= 0.6 is 11.6 Å². The summed E-state index contributed by atoms with van der Waals surface area (Å²) in [5, 5.41) is 3.37. The first kappa shape index (κ1) is 13.5. The minimum Gasteiger partial charge on any atom is -0.309 e. The van der Waals surface area contributed by atoms with Crippen LogP contribution in [0.15, 0.2) is 24.3 Å². The molecule has 0 aliphatic carbocycles. The van der Waals surface area contributed by atoms with Crippen LogP contribution in [-0.2, 0) is 12.0 Å². The average molecular weight is 240 g/mol. The van der Waals surface area contributed by atoms with E-state index in [1.807, 2.05) is 0 Å². The third-order valence-electron chi connectivity index (χ3n) is 2.71. The molecule has 0 aliphatic rings. The second kappa shape index (κ2) is 5.70. The van der Waals surface area contributed by atoms with Crippen molar-refractivity contribution in [2.24, 2.45) is 0 Å². The van der Waals surface area contributed by atoms with Crippen LogP contribution in [0.4, 0.5) is 0 Å². The van der Waals surface area contributed by atoms with Crippen LogP contribution in [-0.4, -0.2) is 11.9 Å². The minimum atomic E-state index is 0.232. The van der Waals surface area contributed by atoms with Gasteiger partial charge in [-0.1, -0.05) is 45.0 Å². The van der Waals surface area contributed by atoms with Gasteiger partial charge < -0.3 is 5.32 Å². The van der Waals surface area contributed by atoms with Crippen LogP contribution in [0.2, 0.25) is 0 Å². The molecule has 0 amide bonds. The molecule has 90 valence electrons. The topological polar surface area (TPSA) is 12.0 Å². The van der Waals surface area contributed by atoms with Crippen LogP contribution in [0.3, 0.4) is 0 Å². The lowest BCUT2D eigenvalue weighted by Gasteiger charge is -2.19. The molecule has 1 aromatic rings. The van der Waals surface area contributed by atoms with Crippen LogP contribution < -0.4 is 5.32 Å². The van der Waals surface area contributed by atoms with Gasteiger partial charge in [-0.2, -0.15) is 0 Å². The predicted molar refractivity (Wildman–Crippen MR) is 72.2 cm³/mol. The standard InChI is InChI=1S/C14H22ClN/c1-11(9-15)16-10-12-5-7-13(8-6-12)14(2,3)4/h5-8,11,16H,9-10H2,1-4H3. The van der Waals surface area contributed by atoms with Gasteiger partial charge in [0.2, 0.25) is 0 Å². The van der Waals surface area contributed by atoms with Gasteiger partial charge in [-0.3, -0.25) is 0 Å². The first-order chi connectivity index (χ1) is 7.43. The maximum atomic E-state index is 5.74. The monoisotopic (exact) mass is 239 g/mol. The number of hydrogen-bond donors (Lipinski definition) is 1. The van der Waals surface area contributed by atoms with Gasteiger partial charge >= 0.3 is 0 Å². The summed E-state index contributed by atoms with van der Waals surface area (Å²) in [7, 11) is 0. The van der Waals surface area contributed by atoms with E-state index in [9.17, 15) is 0 Å². The molecule has 1 unspecified atom stereocenters. The zero-order valence-corrected chi connectivity index (χ0v) is 11.4. The Morgan fingerprint density at radius 1 is 1.19 bits per heavy atom. The van der Waals surface area contributed by atoms with Gasteiger partial charge in [-0.25, -0.2) is 0 Å². The summed E-state index contributed by atoms with van der Waals surface area (Å²) in [6.45, 7) is 9.68. The molecular weight excluding hydrogens is 218 g/mol. The Hall–Kier alpha value is -0.530. The molecule has 0 spiro atoms. The zero-order chi connectivity index (χ0) is 12.2. The number of rotatable bonds is 4. The highest BCUT2D eigenvalue weighted by Gasteiger charge is 2.12. The molecule has 1 aromatic carbocycles. The first-order valence-corrected chi connectivity index (χ1v) is 6.35. The van der Waals surface area contributed by atoms with Gasteiger partial charge in [0.15, 0.2) is 0 Å². The molecule has 2 heteroatoms. The van der Waals surface area contributed by atoms with E-state index in [4.69, 9.17) is 11.6 Å². The van der Waals surface area contributed by atoms with E-state index in [-0.39, 0.29) is 5.41 Å². The molecule has 0 radical (unpaired) electrons. The lowest BCUT2D eigenvalue weighted by atomic mass is 9.87. The fourth-order valence-corrected chi connectivity index (χ4v) is 1.58. The van der Waals surface area contributed by atoms with Crippen molar-refractivity contribution in [3.05, 3.63) is 35.4 Å². The fourth-order valence-electron chi connectivity index (χ4n) is 1.47. The SMILES string of the molecule is CC(CCl)NCc1ccc(C(C)(C)C)cc1. The van der Waals surface area contributed by atoms with Gasteiger partial charge in [0.05, 0.1) is 0 Å². The number of alkyl halides is 1. The highest BCUT2D eigenvalue weighted by Crippen LogP contribution is 2.22. The molecule has 0 aromatic heterocycles. The number of benzene rings is 1. The maximum Gasteiger partial charge on any atom is 0.0374 e. The molecule has 0 fully saturated rings. The Morgan fingerprint density at radius 2 is 1.75 bits per heavy atom. The quantitative estimate of drug-likeness (QED) is 0.791. The molecule has 1 nitrogen and oxygen atoms in total. The summed E-state index contributed by atoms with van der Waals surface area (Å²) in [6, 6.07) is 9.16. The molecule has 1 atom stereocenters. The van der Waals surface area contributed by atoms with Crippen molar-refractivity contribution in [3.63, 3.8) is 0 Å². The van der Waals surface area contributed by atoms with E-state index in [1.165, 1.54) is 11.1 Å². The van der Waals surface area contributed by atoms with E-state index >= 15 is 0 Å². The highest BCUT2D eigenvalue weighted by molar-refractivity contribution is 6.18. The van der Waals surface area contributed by atoms with Crippen molar-refractivity contribution in [2.45, 2.75) is 45.7 Å². The lowest BCUT2D eigenvalue weighted by Crippen LogP contribution is -2.26. The van der Waals surface area contributed by atoms with Gasteiger partial charge in [-0.15, -0.1) is 11.6 Å². The third kappa shape index (κ3) is 4.15. The minimum absolute atomic E-state index is 0.232. The highest BCUT2D eigenvalue weighted by atomic mass is 35.5. The molecule has 0 heterocycles. The smallest absolute Gasteiger partial charge is 0.0374 e. The number of hydrogen-bond acceptors (Lipinski definition) is 1. The van der Waals surface area contributed by atoms with E-state index in [1.54, 1.807) is 0 Å². The molecule has 1 N–H and O–H groups in total. The van der Waals surface area contributed by atoms with Crippen molar-refractivity contribution in [1.29, 1.82) is 0 Å². The second-order valence-corrected chi connectivity index (χ2v) is 5.69. The van der Waals surface area contributed by atoms with Crippen molar-refractivity contribution >= 4 is 11.6 Å². The summed E-state index contributed by atoms with van der Waals surface area (Å²) >= 11 is 5.74. The summed E-state index contributed by atoms with van der Waals surface area (Å²) in [5.41, 5.74) is 2.92. The van der Waals surface area contributed by atoms with Gasteiger partial charge in [0.25, 0.3) is 0 Å². The van der Waals surface area contributed by atoms with E-state index < -0.39 is 0 Å². The zero-order valence-electron chi connectivity index (χ0n) is 10.7. The molecule has 0 bridgehead atoms. The normalized spacial score (nSPS) is 13.8. The molecule has 0 saturated heterocycles. The second-order valence-electron chi connectivity index (χ2n) is 5.38. The lowest BCUT2D eigenvalue weighted by molar-refractivity contribution is 0.584. The van der Waals surface area contributed by atoms with Crippen molar-refractivity contribution < 1.29 is 0 Å². The molecule has 0 saturated carbocycles. The Morgan fingerprint density at radius 3 is 2.19 bits per heavy atom. The van der Waals surface area contributed by atoms with Crippen molar-refractivity contribution in [1.82, 2.24) is 5.32 Å². The van der Waals surface area contributed by atoms with Crippen molar-refractivity contribution in [3.8, 4) is 0 Å². The molecule has 1 rings (SSSR count). The summed E-state index contributed by atoms with van der Waals surface area (Å²) in [4.78, 5) is 0. The Labute approximate surface area is 104 Å². The first-order valence-electron chi connectivity index (χ1n) is 5.82. The van der Waals surface area contributed by atoms with Crippen molar-refractivity contribution in [2.75, 3.05) is 5.88 Å². The van der Waals surface area contributed by atoms with E-state index in [2.05, 4.69) is 57.3 Å². The fraction of sp³-hybridized carbons (Fsp3) is 0.571. The predicted octanol–water partition coefficient (Wildman–Crippen LogP) is 3.70. The average Bonchev–Trinajstić information content (AvgIpc) is 2.25. The molecule has 0 aliphatic heterocycles. The Kier molecular flexibility index (Phi) is 4.82. The van der Waals surface area contributed by atoms with Crippen LogP contribution in [0.5, 0.6) is 0 Å². The largest absolute Gasteiger partial charge is 0.309 e. The summed E-state index contributed by atoms with van der Waals surface area (Å²) in [6.07, 6.45) is 0. The van der Waals surface area contributed by atoms with E-state index in [0.717, 1.165) is 6.54 Å². The van der Waals surface area contributed by atoms with Gasteiger partial charge in [0.1, 0.15) is 0 Å². The van der Waals surface area contributed by atoms with Gasteiger partial charge in [0, 0.05) is 18.5 Å². The van der Waals surface area contributed by atoms with Crippen LogP contribution in [0.1, 0.15) is 38.8 Å². The van der Waals surface area contributed by atoms with E-state index in [0.29, 0.717) is 11.9 Å². The Balaban J connectivity index is 2.58. The van der Waals surface area contributed by atoms with Crippen LogP contribution in [0.25, 0.3) is 0 Å². The third-order valence-corrected chi connectivity index (χ3v) is 3.17. The maximum absolute atomic E-state index is 5.74.